The Morgan fingerprint density at radius 1 is 1.34 bits per heavy atom. The lowest BCUT2D eigenvalue weighted by Gasteiger charge is -2.46. The van der Waals surface area contributed by atoms with Crippen LogP contribution in [0.3, 0.4) is 0 Å². The third kappa shape index (κ3) is 6.25. The summed E-state index contributed by atoms with van der Waals surface area (Å²) in [7, 11) is 1.62. The van der Waals surface area contributed by atoms with Gasteiger partial charge in [-0.3, -0.25) is 9.17 Å². The monoisotopic (exact) mass is 525 g/mol. The van der Waals surface area contributed by atoms with Crippen LogP contribution in [0.1, 0.15) is 64.9 Å². The van der Waals surface area contributed by atoms with E-state index < -0.39 is 29.0 Å². The number of hydrogen-bond acceptors (Lipinski definition) is 6. The molecule has 2 aromatic rings. The van der Waals surface area contributed by atoms with Crippen LogP contribution in [-0.4, -0.2) is 56.1 Å². The Morgan fingerprint density at radius 3 is 2.54 bits per heavy atom. The normalized spacial score (nSPS) is 18.8. The molecule has 3 rings (SSSR count). The second-order valence-corrected chi connectivity index (χ2v) is 11.4. The molecule has 3 atom stereocenters. The Kier molecular flexibility index (Phi) is 8.68. The van der Waals surface area contributed by atoms with E-state index in [2.05, 4.69) is 25.8 Å². The summed E-state index contributed by atoms with van der Waals surface area (Å²) in [4.78, 5) is 17.3. The Bertz CT molecular complexity index is 1080. The number of amides is 1. The molecule has 1 aliphatic rings. The molecule has 8 nitrogen and oxygen atoms in total. The first kappa shape index (κ1) is 27.6. The van der Waals surface area contributed by atoms with Gasteiger partial charge in [0.15, 0.2) is 0 Å². The van der Waals surface area contributed by atoms with Crippen molar-refractivity contribution in [2.75, 3.05) is 20.2 Å². The van der Waals surface area contributed by atoms with Crippen molar-refractivity contribution in [1.29, 1.82) is 0 Å². The van der Waals surface area contributed by atoms with E-state index in [1.807, 2.05) is 18.2 Å². The fraction of sp³-hybridized carbons (Fsp3) is 0.600. The number of hydrogen-bond donors (Lipinski definition) is 1. The largest absolute Gasteiger partial charge is 0.750 e. The lowest BCUT2D eigenvalue weighted by Crippen LogP contribution is -2.48. The van der Waals surface area contributed by atoms with Crippen LogP contribution < -0.4 is 4.74 Å². The van der Waals surface area contributed by atoms with Gasteiger partial charge in [-0.2, -0.15) is 0 Å². The number of carbonyl (C=O) groups is 1. The highest BCUT2D eigenvalue weighted by Crippen LogP contribution is 2.49. The van der Waals surface area contributed by atoms with Gasteiger partial charge in [-0.05, 0) is 67.7 Å². The number of likely N-dealkylation sites (tertiary alicyclic amines) is 1. The van der Waals surface area contributed by atoms with E-state index in [0.29, 0.717) is 49.5 Å². The van der Waals surface area contributed by atoms with E-state index in [0.717, 1.165) is 16.5 Å². The first-order chi connectivity index (χ1) is 16.4. The van der Waals surface area contributed by atoms with Crippen LogP contribution in [0.2, 0.25) is 5.02 Å². The van der Waals surface area contributed by atoms with Gasteiger partial charge in [-0.25, -0.2) is 9.00 Å². The Morgan fingerprint density at radius 2 is 2.00 bits per heavy atom. The molecular formula is C25H34ClN2O6S-. The average molecular weight is 526 g/mol. The molecular weight excluding hydrogens is 492 g/mol. The third-order valence-electron chi connectivity index (χ3n) is 7.51. The number of rotatable bonds is 8. The summed E-state index contributed by atoms with van der Waals surface area (Å²) < 4.78 is 33.4. The molecule has 35 heavy (non-hydrogen) atoms. The quantitative estimate of drug-likeness (QED) is 0.435. The first-order valence-electron chi connectivity index (χ1n) is 11.7. The molecule has 1 aromatic carbocycles. The number of halogens is 1. The summed E-state index contributed by atoms with van der Waals surface area (Å²) in [6.45, 7) is 8.92. The number of nitrogens with zero attached hydrogens (tertiary/aromatic N) is 2. The Labute approximate surface area is 214 Å². The van der Waals surface area contributed by atoms with Crippen LogP contribution >= 0.6 is 11.6 Å². The molecule has 1 aliphatic heterocycles. The van der Waals surface area contributed by atoms with Gasteiger partial charge in [-0.15, -0.1) is 0 Å². The summed E-state index contributed by atoms with van der Waals surface area (Å²) in [5, 5.41) is 10.9. The maximum absolute atomic E-state index is 11.5. The van der Waals surface area contributed by atoms with Crippen molar-refractivity contribution in [3.05, 3.63) is 35.0 Å². The van der Waals surface area contributed by atoms with Crippen LogP contribution in [0.25, 0.3) is 10.9 Å². The van der Waals surface area contributed by atoms with Crippen molar-refractivity contribution in [2.24, 2.45) is 10.8 Å². The molecule has 10 heteroatoms. The maximum atomic E-state index is 11.5. The number of carboxylic acid groups (broad SMARTS) is 1. The molecule has 1 fully saturated rings. The van der Waals surface area contributed by atoms with Crippen LogP contribution in [0.4, 0.5) is 4.79 Å². The van der Waals surface area contributed by atoms with Gasteiger partial charge >= 0.3 is 6.09 Å². The highest BCUT2D eigenvalue weighted by Gasteiger charge is 2.43. The summed E-state index contributed by atoms with van der Waals surface area (Å²) in [5.41, 5.74) is 1.15. The molecule has 3 unspecified atom stereocenters. The minimum atomic E-state index is -2.66. The lowest BCUT2D eigenvalue weighted by molar-refractivity contribution is -0.00476. The van der Waals surface area contributed by atoms with E-state index in [1.165, 1.54) is 4.90 Å². The fourth-order valence-electron chi connectivity index (χ4n) is 5.31. The predicted molar refractivity (Wildman–Crippen MR) is 135 cm³/mol. The van der Waals surface area contributed by atoms with Crippen LogP contribution in [0.5, 0.6) is 5.75 Å². The van der Waals surface area contributed by atoms with E-state index >= 15 is 0 Å². The number of methoxy groups -OCH3 is 1. The summed E-state index contributed by atoms with van der Waals surface area (Å²) >= 11 is 4.10. The smallest absolute Gasteiger partial charge is 0.407 e. The Hall–Kier alpha value is -1.94. The van der Waals surface area contributed by atoms with Crippen molar-refractivity contribution in [1.82, 2.24) is 9.88 Å². The van der Waals surface area contributed by atoms with Crippen LogP contribution in [0.15, 0.2) is 24.4 Å². The second kappa shape index (κ2) is 11.0. The zero-order valence-corrected chi connectivity index (χ0v) is 22.4. The van der Waals surface area contributed by atoms with Crippen molar-refractivity contribution in [3.63, 3.8) is 0 Å². The molecule has 1 saturated heterocycles. The molecule has 1 N–H and O–H groups in total. The molecule has 0 radical (unpaired) electrons. The number of piperidine rings is 1. The van der Waals surface area contributed by atoms with Gasteiger partial charge in [0.1, 0.15) is 5.75 Å². The molecule has 1 amide bonds. The minimum Gasteiger partial charge on any atom is -0.750 e. The number of pyridine rings is 1. The number of ether oxygens (including phenoxy) is 1. The molecule has 2 heterocycles. The standard InChI is InChI=1S/C25H35ClN2O6S/c1-16(34-35(31)32)25(10-12-28(13-11-25)23(29)30)9-8-19(24(2,3)4)22-18-14-17(33-5)6-7-21(18)27-15-20(22)26/h6-7,14-16,19H,8-13H2,1-5H3,(H,29,30)(H,31,32)/p-1. The lowest BCUT2D eigenvalue weighted by atomic mass is 9.66. The SMILES string of the molecule is COc1ccc2ncc(Cl)c(C(CCC3(C(C)OS(=O)[O-])CCN(C(=O)O)CC3)C(C)(C)C)c2c1. The van der Waals surface area contributed by atoms with Crippen molar-refractivity contribution >= 4 is 40.0 Å². The van der Waals surface area contributed by atoms with Gasteiger partial charge < -0.3 is 19.3 Å². The second-order valence-electron chi connectivity index (χ2n) is 10.4. The van der Waals surface area contributed by atoms with E-state index in [9.17, 15) is 18.7 Å². The maximum Gasteiger partial charge on any atom is 0.407 e. The van der Waals surface area contributed by atoms with Crippen LogP contribution in [0, 0.1) is 10.8 Å². The third-order valence-corrected chi connectivity index (χ3v) is 8.25. The first-order valence-corrected chi connectivity index (χ1v) is 13.1. The van der Waals surface area contributed by atoms with Gasteiger partial charge in [0, 0.05) is 30.1 Å². The van der Waals surface area contributed by atoms with Crippen molar-refractivity contribution < 1.29 is 27.6 Å². The zero-order chi connectivity index (χ0) is 26.0. The van der Waals surface area contributed by atoms with Crippen molar-refractivity contribution in [2.45, 2.75) is 65.4 Å². The molecule has 0 spiro atoms. The Balaban J connectivity index is 2.00. The summed E-state index contributed by atoms with van der Waals surface area (Å²) in [6.07, 6.45) is 2.55. The number of aromatic nitrogens is 1. The van der Waals surface area contributed by atoms with Gasteiger partial charge in [-0.1, -0.05) is 32.4 Å². The van der Waals surface area contributed by atoms with Gasteiger partial charge in [0.05, 0.1) is 35.1 Å². The minimum absolute atomic E-state index is 0.0203. The zero-order valence-electron chi connectivity index (χ0n) is 20.9. The topological polar surface area (TPSA) is 112 Å². The average Bonchev–Trinajstić information content (AvgIpc) is 2.79. The number of fused-ring (bicyclic) bond motifs is 1. The fourth-order valence-corrected chi connectivity index (χ4v) is 6.04. The molecule has 0 aliphatic carbocycles. The van der Waals surface area contributed by atoms with Gasteiger partial charge in [0.25, 0.3) is 0 Å². The highest BCUT2D eigenvalue weighted by molar-refractivity contribution is 7.74. The predicted octanol–water partition coefficient (Wildman–Crippen LogP) is 5.77. The summed E-state index contributed by atoms with van der Waals surface area (Å²) in [6, 6.07) is 5.73. The molecule has 0 bridgehead atoms. The molecule has 0 saturated carbocycles. The van der Waals surface area contributed by atoms with E-state index in [4.69, 9.17) is 20.5 Å². The van der Waals surface area contributed by atoms with E-state index in [1.54, 1.807) is 20.2 Å². The highest BCUT2D eigenvalue weighted by atomic mass is 35.5. The molecule has 194 valence electrons. The molecule has 1 aromatic heterocycles. The number of benzene rings is 1. The summed E-state index contributed by atoms with van der Waals surface area (Å²) in [5.74, 6) is 0.736. The van der Waals surface area contributed by atoms with Gasteiger partial charge in [0.2, 0.25) is 0 Å². The van der Waals surface area contributed by atoms with E-state index in [-0.39, 0.29) is 11.3 Å². The van der Waals surface area contributed by atoms with Crippen molar-refractivity contribution in [3.8, 4) is 5.75 Å². The van der Waals surface area contributed by atoms with Crippen LogP contribution in [-0.2, 0) is 15.5 Å².